The smallest absolute Gasteiger partial charge is 0.423 e. The third-order valence-corrected chi connectivity index (χ3v) is 7.87. The quantitative estimate of drug-likeness (QED) is 0.253. The lowest BCUT2D eigenvalue weighted by atomic mass is 9.73. The standard InChI is InChI=1S/C34H28BN3O2/c39-35(40)26-18-19-33-29(21-26)28-16-7-8-17-32(28)38(33)27-15-9-14-25(20-27)34-36-30(23-10-3-1-4-11-23)22-31(37-34)24-12-5-2-6-13-24/h1-12,14-17,20-22,24,39-40H,13,18-19H2. The molecular weight excluding hydrogens is 493 g/mol. The van der Waals surface area contributed by atoms with Crippen molar-refractivity contribution in [3.05, 3.63) is 132 Å². The Kier molecular flexibility index (Phi) is 6.27. The van der Waals surface area contributed by atoms with Gasteiger partial charge in [-0.15, -0.1) is 0 Å². The normalized spacial score (nSPS) is 16.1. The Balaban J connectivity index is 1.38. The predicted molar refractivity (Wildman–Crippen MR) is 162 cm³/mol. The van der Waals surface area contributed by atoms with Crippen LogP contribution in [0, 0.1) is 0 Å². The fraction of sp³-hybridized carbons (Fsp3) is 0.118. The molecule has 3 aromatic carbocycles. The van der Waals surface area contributed by atoms with Crippen LogP contribution in [0.4, 0.5) is 0 Å². The maximum absolute atomic E-state index is 9.84. The summed E-state index contributed by atoms with van der Waals surface area (Å²) in [6, 6.07) is 29.1. The van der Waals surface area contributed by atoms with Crippen molar-refractivity contribution in [3.8, 4) is 28.3 Å². The lowest BCUT2D eigenvalue weighted by molar-refractivity contribution is 0.416. The zero-order valence-electron chi connectivity index (χ0n) is 22.0. The number of fused-ring (bicyclic) bond motifs is 3. The van der Waals surface area contributed by atoms with Crippen LogP contribution in [-0.2, 0) is 6.42 Å². The van der Waals surface area contributed by atoms with Crippen molar-refractivity contribution in [2.75, 3.05) is 0 Å². The Morgan fingerprint density at radius 2 is 1.62 bits per heavy atom. The van der Waals surface area contributed by atoms with E-state index in [0.29, 0.717) is 17.7 Å². The van der Waals surface area contributed by atoms with Crippen LogP contribution in [0.3, 0.4) is 0 Å². The topological polar surface area (TPSA) is 71.2 Å². The highest BCUT2D eigenvalue weighted by Crippen LogP contribution is 2.37. The molecule has 1 unspecified atom stereocenters. The van der Waals surface area contributed by atoms with Gasteiger partial charge in [0.1, 0.15) is 0 Å². The first-order chi connectivity index (χ1) is 19.7. The molecule has 2 heterocycles. The van der Waals surface area contributed by atoms with E-state index in [1.807, 2.05) is 36.4 Å². The van der Waals surface area contributed by atoms with Crippen LogP contribution < -0.4 is 0 Å². The van der Waals surface area contributed by atoms with Gasteiger partial charge in [-0.2, -0.15) is 0 Å². The number of nitrogens with zero attached hydrogens (tertiary/aromatic N) is 3. The summed E-state index contributed by atoms with van der Waals surface area (Å²) in [6.07, 6.45) is 12.8. The Morgan fingerprint density at radius 3 is 2.45 bits per heavy atom. The Morgan fingerprint density at radius 1 is 0.800 bits per heavy atom. The molecule has 0 fully saturated rings. The van der Waals surface area contributed by atoms with Crippen molar-refractivity contribution in [2.45, 2.75) is 25.2 Å². The molecule has 5 nitrogen and oxygen atoms in total. The summed E-state index contributed by atoms with van der Waals surface area (Å²) in [5, 5.41) is 20.8. The Bertz CT molecular complexity index is 1820. The minimum absolute atomic E-state index is 0.209. The van der Waals surface area contributed by atoms with Crippen LogP contribution in [0.25, 0.3) is 45.3 Å². The Hall–Kier alpha value is -4.52. The molecule has 0 bridgehead atoms. The minimum Gasteiger partial charge on any atom is -0.423 e. The van der Waals surface area contributed by atoms with E-state index in [2.05, 4.69) is 83.5 Å². The molecule has 0 amide bonds. The van der Waals surface area contributed by atoms with Crippen LogP contribution in [0.5, 0.6) is 0 Å². The summed E-state index contributed by atoms with van der Waals surface area (Å²) in [5.41, 5.74) is 8.94. The van der Waals surface area contributed by atoms with Crippen molar-refractivity contribution in [1.82, 2.24) is 14.5 Å². The number of allylic oxidation sites excluding steroid dienone is 5. The largest absolute Gasteiger partial charge is 0.484 e. The van der Waals surface area contributed by atoms with E-state index in [4.69, 9.17) is 9.97 Å². The highest BCUT2D eigenvalue weighted by atomic mass is 16.4. The van der Waals surface area contributed by atoms with Crippen LogP contribution in [0.2, 0.25) is 0 Å². The second kappa shape index (κ2) is 10.2. The van der Waals surface area contributed by atoms with Gasteiger partial charge in [0.15, 0.2) is 5.82 Å². The maximum atomic E-state index is 9.84. The van der Waals surface area contributed by atoms with Gasteiger partial charge in [0, 0.05) is 39.4 Å². The van der Waals surface area contributed by atoms with E-state index < -0.39 is 7.12 Å². The van der Waals surface area contributed by atoms with Gasteiger partial charge < -0.3 is 14.6 Å². The molecular formula is C34H28BN3O2. The lowest BCUT2D eigenvalue weighted by Gasteiger charge is -2.18. The number of para-hydroxylation sites is 1. The molecule has 7 rings (SSSR count). The summed E-state index contributed by atoms with van der Waals surface area (Å²) >= 11 is 0. The molecule has 0 spiro atoms. The van der Waals surface area contributed by atoms with Crippen LogP contribution in [0.1, 0.15) is 35.7 Å². The molecule has 5 aromatic rings. The third-order valence-electron chi connectivity index (χ3n) is 7.87. The van der Waals surface area contributed by atoms with E-state index in [0.717, 1.165) is 57.5 Å². The van der Waals surface area contributed by atoms with E-state index in [9.17, 15) is 10.0 Å². The van der Waals surface area contributed by atoms with Gasteiger partial charge in [0.25, 0.3) is 0 Å². The van der Waals surface area contributed by atoms with Gasteiger partial charge in [-0.05, 0) is 49.0 Å². The van der Waals surface area contributed by atoms with Crippen LogP contribution >= 0.6 is 0 Å². The minimum atomic E-state index is -1.43. The average molecular weight is 521 g/mol. The molecule has 2 aliphatic rings. The first kappa shape index (κ1) is 24.5. The molecule has 0 aliphatic heterocycles. The van der Waals surface area contributed by atoms with E-state index >= 15 is 0 Å². The monoisotopic (exact) mass is 521 g/mol. The van der Waals surface area contributed by atoms with Crippen molar-refractivity contribution >= 4 is 24.1 Å². The highest BCUT2D eigenvalue weighted by molar-refractivity contribution is 6.52. The van der Waals surface area contributed by atoms with E-state index in [1.165, 1.54) is 5.69 Å². The summed E-state index contributed by atoms with van der Waals surface area (Å²) in [7, 11) is -1.43. The molecule has 1 atom stereocenters. The van der Waals surface area contributed by atoms with E-state index in [-0.39, 0.29) is 5.92 Å². The zero-order chi connectivity index (χ0) is 27.1. The molecule has 6 heteroatoms. The van der Waals surface area contributed by atoms with Gasteiger partial charge in [0.05, 0.1) is 16.9 Å². The fourth-order valence-electron chi connectivity index (χ4n) is 5.87. The predicted octanol–water partition coefficient (Wildman–Crippen LogP) is 6.70. The molecule has 0 saturated heterocycles. The summed E-state index contributed by atoms with van der Waals surface area (Å²) < 4.78 is 2.29. The molecule has 40 heavy (non-hydrogen) atoms. The summed E-state index contributed by atoms with van der Waals surface area (Å²) in [6.45, 7) is 0. The third kappa shape index (κ3) is 4.41. The fourth-order valence-corrected chi connectivity index (χ4v) is 5.87. The molecule has 2 aromatic heterocycles. The number of benzene rings is 3. The molecule has 194 valence electrons. The molecule has 0 saturated carbocycles. The number of aromatic nitrogens is 3. The van der Waals surface area contributed by atoms with Gasteiger partial charge in [-0.3, -0.25) is 0 Å². The van der Waals surface area contributed by atoms with Gasteiger partial charge >= 0.3 is 7.12 Å². The lowest BCUT2D eigenvalue weighted by Crippen LogP contribution is -2.18. The highest BCUT2D eigenvalue weighted by Gasteiger charge is 2.25. The number of hydrogen-bond acceptors (Lipinski definition) is 4. The first-order valence-electron chi connectivity index (χ1n) is 13.7. The van der Waals surface area contributed by atoms with Gasteiger partial charge in [-0.1, -0.05) is 91.0 Å². The number of hydrogen-bond donors (Lipinski definition) is 2. The first-order valence-corrected chi connectivity index (χ1v) is 13.7. The van der Waals surface area contributed by atoms with Crippen molar-refractivity contribution in [3.63, 3.8) is 0 Å². The van der Waals surface area contributed by atoms with E-state index in [1.54, 1.807) is 0 Å². The summed E-state index contributed by atoms with van der Waals surface area (Å²) in [4.78, 5) is 10.1. The van der Waals surface area contributed by atoms with Gasteiger partial charge in [0.2, 0.25) is 0 Å². The maximum Gasteiger partial charge on any atom is 0.484 e. The van der Waals surface area contributed by atoms with Gasteiger partial charge in [-0.25, -0.2) is 9.97 Å². The van der Waals surface area contributed by atoms with Crippen LogP contribution in [0.15, 0.2) is 115 Å². The Labute approximate surface area is 233 Å². The second-order valence-corrected chi connectivity index (χ2v) is 10.4. The average Bonchev–Trinajstić information content (AvgIpc) is 3.35. The zero-order valence-corrected chi connectivity index (χ0v) is 22.0. The SMILES string of the molecule is OB(O)C1=Cc2c(n(-c3cccc(-c4nc(-c5ccccc5)cc(C5C=CC=CC5)n4)c3)c3ccccc23)CC1. The summed E-state index contributed by atoms with van der Waals surface area (Å²) in [5.74, 6) is 0.915. The number of rotatable bonds is 5. The molecule has 2 aliphatic carbocycles. The van der Waals surface area contributed by atoms with Crippen molar-refractivity contribution < 1.29 is 10.0 Å². The van der Waals surface area contributed by atoms with Crippen LogP contribution in [-0.4, -0.2) is 31.7 Å². The second-order valence-electron chi connectivity index (χ2n) is 10.4. The molecule has 2 N–H and O–H groups in total. The van der Waals surface area contributed by atoms with Crippen molar-refractivity contribution in [2.24, 2.45) is 0 Å². The van der Waals surface area contributed by atoms with Crippen molar-refractivity contribution in [1.29, 1.82) is 0 Å². The molecule has 0 radical (unpaired) electrons.